The molecule has 4 aromatic rings. The summed E-state index contributed by atoms with van der Waals surface area (Å²) in [6.07, 6.45) is 1.70. The molecule has 0 N–H and O–H groups in total. The maximum atomic E-state index is 15.2. The van der Waals surface area contributed by atoms with Gasteiger partial charge in [-0.1, -0.05) is 29.3 Å². The second kappa shape index (κ2) is 7.66. The summed E-state index contributed by atoms with van der Waals surface area (Å²) < 4.78 is 22.2. The van der Waals surface area contributed by atoms with Crippen LogP contribution in [-0.2, 0) is 6.42 Å². The Bertz CT molecular complexity index is 1280. The van der Waals surface area contributed by atoms with Crippen LogP contribution in [0.2, 0.25) is 10.0 Å². The van der Waals surface area contributed by atoms with Crippen LogP contribution in [0.15, 0.2) is 42.6 Å². The molecule has 143 valence electrons. The van der Waals surface area contributed by atoms with Crippen LogP contribution in [0.5, 0.6) is 11.5 Å². The van der Waals surface area contributed by atoms with E-state index < -0.39 is 5.82 Å². The molecule has 1 radical (unpaired) electrons. The molecule has 2 heterocycles. The zero-order chi connectivity index (χ0) is 20.5. The summed E-state index contributed by atoms with van der Waals surface area (Å²) in [5.41, 5.74) is 1.69. The Labute approximate surface area is 175 Å². The number of hydrogen-bond donors (Lipinski definition) is 0. The number of nitrogens with zero attached hydrogens (tertiary/aromatic N) is 5. The van der Waals surface area contributed by atoms with Crippen LogP contribution < -0.4 is 4.74 Å². The van der Waals surface area contributed by atoms with Crippen LogP contribution in [0.25, 0.3) is 11.0 Å². The van der Waals surface area contributed by atoms with Crippen LogP contribution in [0.1, 0.15) is 16.8 Å². The van der Waals surface area contributed by atoms with Crippen molar-refractivity contribution < 1.29 is 9.13 Å². The van der Waals surface area contributed by atoms with Crippen molar-refractivity contribution in [1.82, 2.24) is 20.0 Å². The minimum absolute atomic E-state index is 0.0862. The number of ether oxygens (including phenoxy) is 1. The van der Waals surface area contributed by atoms with Gasteiger partial charge >= 0.3 is 0 Å². The maximum Gasteiger partial charge on any atom is 0.181 e. The third kappa shape index (κ3) is 3.73. The van der Waals surface area contributed by atoms with E-state index >= 15 is 4.39 Å². The highest BCUT2D eigenvalue weighted by Crippen LogP contribution is 2.36. The Morgan fingerprint density at radius 1 is 1.21 bits per heavy atom. The van der Waals surface area contributed by atoms with Gasteiger partial charge in [0.1, 0.15) is 5.75 Å². The van der Waals surface area contributed by atoms with Gasteiger partial charge in [0.25, 0.3) is 0 Å². The summed E-state index contributed by atoms with van der Waals surface area (Å²) in [4.78, 5) is 0. The number of halogens is 3. The summed E-state index contributed by atoms with van der Waals surface area (Å²) in [7, 11) is 3.77. The standard InChI is InChI=1S/C20H11Cl2FN5O/c1-28-20-15(4-5-25-26-20)17(27-28)8-12-2-3-16(22)19(18(12)23)29-14-7-11(10-24)6-13(21)9-14/h2-7,9H,1,8H2. The van der Waals surface area contributed by atoms with Crippen molar-refractivity contribution in [1.29, 1.82) is 5.26 Å². The largest absolute Gasteiger partial charge is 0.453 e. The fourth-order valence-electron chi connectivity index (χ4n) is 2.91. The van der Waals surface area contributed by atoms with Gasteiger partial charge in [-0.05, 0) is 35.9 Å². The van der Waals surface area contributed by atoms with Crippen LogP contribution in [0, 0.1) is 24.2 Å². The van der Waals surface area contributed by atoms with E-state index in [1.165, 1.54) is 35.1 Å². The van der Waals surface area contributed by atoms with E-state index in [2.05, 4.69) is 22.3 Å². The Balaban J connectivity index is 1.72. The summed E-state index contributed by atoms with van der Waals surface area (Å²) >= 11 is 12.1. The highest BCUT2D eigenvalue weighted by Gasteiger charge is 2.18. The molecule has 2 aromatic carbocycles. The van der Waals surface area contributed by atoms with Gasteiger partial charge in [0, 0.05) is 16.8 Å². The smallest absolute Gasteiger partial charge is 0.181 e. The molecule has 6 nitrogen and oxygen atoms in total. The second-order valence-electron chi connectivity index (χ2n) is 6.13. The average molecular weight is 427 g/mol. The van der Waals surface area contributed by atoms with E-state index in [-0.39, 0.29) is 28.5 Å². The van der Waals surface area contributed by atoms with Crippen molar-refractivity contribution in [3.8, 4) is 17.6 Å². The Hall–Kier alpha value is -3.21. The van der Waals surface area contributed by atoms with Crippen molar-refractivity contribution in [2.24, 2.45) is 0 Å². The van der Waals surface area contributed by atoms with Gasteiger partial charge in [-0.3, -0.25) is 0 Å². The number of aromatic nitrogens is 4. The fraction of sp³-hybridized carbons (Fsp3) is 0.0500. The van der Waals surface area contributed by atoms with Gasteiger partial charge < -0.3 is 4.74 Å². The van der Waals surface area contributed by atoms with Gasteiger partial charge in [0.15, 0.2) is 17.2 Å². The first kappa shape index (κ1) is 19.1. The molecule has 0 aliphatic carbocycles. The van der Waals surface area contributed by atoms with Gasteiger partial charge in [-0.15, -0.1) is 5.10 Å². The monoisotopic (exact) mass is 426 g/mol. The molecule has 0 unspecified atom stereocenters. The Kier molecular flexibility index (Phi) is 5.05. The topological polar surface area (TPSA) is 76.6 Å². The molecule has 0 saturated carbocycles. The molecule has 0 atom stereocenters. The lowest BCUT2D eigenvalue weighted by Crippen LogP contribution is -1.99. The molecule has 4 rings (SSSR count). The molecule has 0 fully saturated rings. The zero-order valence-electron chi connectivity index (χ0n) is 14.7. The van der Waals surface area contributed by atoms with Gasteiger partial charge in [0.05, 0.1) is 35.6 Å². The lowest BCUT2D eigenvalue weighted by atomic mass is 10.1. The van der Waals surface area contributed by atoms with Crippen LogP contribution in [0.4, 0.5) is 4.39 Å². The van der Waals surface area contributed by atoms with E-state index in [1.807, 2.05) is 6.07 Å². The molecule has 0 amide bonds. The molecular formula is C20H11Cl2FN5O. The summed E-state index contributed by atoms with van der Waals surface area (Å²) in [6, 6.07) is 11.2. The Morgan fingerprint density at radius 2 is 2.03 bits per heavy atom. The summed E-state index contributed by atoms with van der Waals surface area (Å²) in [5.74, 6) is -0.590. The molecule has 2 aromatic heterocycles. The SMILES string of the molecule is [CH2]n1nc(Cc2ccc(Cl)c(Oc3cc(Cl)cc(C#N)c3)c2F)c2ccnnc21. The zero-order valence-corrected chi connectivity index (χ0v) is 16.2. The van der Waals surface area contributed by atoms with Crippen LogP contribution in [0.3, 0.4) is 0 Å². The summed E-state index contributed by atoms with van der Waals surface area (Å²) in [5, 5.41) is 22.3. The minimum Gasteiger partial charge on any atom is -0.453 e. The number of hydrogen-bond acceptors (Lipinski definition) is 5. The predicted octanol–water partition coefficient (Wildman–Crippen LogP) is 5.17. The molecule has 0 bridgehead atoms. The first-order valence-electron chi connectivity index (χ1n) is 8.32. The third-order valence-corrected chi connectivity index (χ3v) is 4.72. The lowest BCUT2D eigenvalue weighted by Gasteiger charge is -2.12. The maximum absolute atomic E-state index is 15.2. The number of rotatable bonds is 4. The van der Waals surface area contributed by atoms with Crippen molar-refractivity contribution >= 4 is 34.2 Å². The highest BCUT2D eigenvalue weighted by atomic mass is 35.5. The predicted molar refractivity (Wildman–Crippen MR) is 107 cm³/mol. The van der Waals surface area contributed by atoms with E-state index in [0.29, 0.717) is 21.9 Å². The second-order valence-corrected chi connectivity index (χ2v) is 6.97. The molecule has 9 heteroatoms. The fourth-order valence-corrected chi connectivity index (χ4v) is 3.32. The van der Waals surface area contributed by atoms with Crippen molar-refractivity contribution in [2.45, 2.75) is 6.42 Å². The van der Waals surface area contributed by atoms with Crippen molar-refractivity contribution in [2.75, 3.05) is 0 Å². The Morgan fingerprint density at radius 3 is 2.83 bits per heavy atom. The van der Waals surface area contributed by atoms with E-state index in [9.17, 15) is 0 Å². The van der Waals surface area contributed by atoms with Crippen LogP contribution in [-0.4, -0.2) is 20.0 Å². The molecule has 0 spiro atoms. The third-order valence-electron chi connectivity index (χ3n) is 4.21. The van der Waals surface area contributed by atoms with Crippen molar-refractivity contribution in [3.05, 3.63) is 82.3 Å². The first-order valence-corrected chi connectivity index (χ1v) is 9.07. The number of nitriles is 1. The van der Waals surface area contributed by atoms with Gasteiger partial charge in [0.2, 0.25) is 0 Å². The van der Waals surface area contributed by atoms with E-state index in [4.69, 9.17) is 33.2 Å². The first-order chi connectivity index (χ1) is 14.0. The van der Waals surface area contributed by atoms with Gasteiger partial charge in [-0.25, -0.2) is 9.07 Å². The molecule has 29 heavy (non-hydrogen) atoms. The van der Waals surface area contributed by atoms with Crippen molar-refractivity contribution in [3.63, 3.8) is 0 Å². The normalized spacial score (nSPS) is 10.9. The molecule has 0 aliphatic rings. The minimum atomic E-state index is -0.634. The van der Waals surface area contributed by atoms with E-state index in [1.54, 1.807) is 12.1 Å². The number of benzene rings is 2. The van der Waals surface area contributed by atoms with Crippen LogP contribution >= 0.6 is 23.2 Å². The quantitative estimate of drug-likeness (QED) is 0.449. The highest BCUT2D eigenvalue weighted by molar-refractivity contribution is 6.32. The molecule has 0 saturated heterocycles. The molecule has 0 aliphatic heterocycles. The summed E-state index contributed by atoms with van der Waals surface area (Å²) in [6.45, 7) is 0. The molecular weight excluding hydrogens is 416 g/mol. The number of fused-ring (bicyclic) bond motifs is 1. The average Bonchev–Trinajstić information content (AvgIpc) is 3.03. The van der Waals surface area contributed by atoms with Gasteiger partial charge in [-0.2, -0.15) is 15.5 Å². The van der Waals surface area contributed by atoms with E-state index in [0.717, 1.165) is 5.39 Å². The lowest BCUT2D eigenvalue weighted by molar-refractivity contribution is 0.439.